The second-order valence-corrected chi connectivity index (χ2v) is 11.6. The molecule has 1 atom stereocenters. The van der Waals surface area contributed by atoms with Gasteiger partial charge >= 0.3 is 0 Å². The maximum atomic E-state index is 13.3. The van der Waals surface area contributed by atoms with E-state index in [9.17, 15) is 4.79 Å². The van der Waals surface area contributed by atoms with Crippen LogP contribution >= 0.6 is 11.6 Å². The first-order chi connectivity index (χ1) is 20.1. The Hall–Kier alpha value is -3.42. The van der Waals surface area contributed by atoms with Crippen molar-refractivity contribution in [1.29, 1.82) is 0 Å². The zero-order chi connectivity index (χ0) is 28.0. The number of benzene rings is 3. The molecule has 6 rings (SSSR count). The lowest BCUT2D eigenvalue weighted by molar-refractivity contribution is -0.134. The number of likely N-dealkylation sites (tertiary alicyclic amines) is 1. The number of anilines is 1. The van der Waals surface area contributed by atoms with Crippen molar-refractivity contribution in [2.24, 2.45) is 0 Å². The molecule has 3 aliphatic heterocycles. The molecule has 0 N–H and O–H groups in total. The Kier molecular flexibility index (Phi) is 8.82. The number of piperidine rings is 1. The molecule has 7 nitrogen and oxygen atoms in total. The maximum Gasteiger partial charge on any atom is 0.231 e. The Morgan fingerprint density at radius 2 is 1.73 bits per heavy atom. The normalized spacial score (nSPS) is 18.9. The van der Waals surface area contributed by atoms with Crippen molar-refractivity contribution >= 4 is 23.2 Å². The fraction of sp³-hybridized carbons (Fsp3) is 0.424. The fourth-order valence-corrected chi connectivity index (χ4v) is 6.28. The lowest BCUT2D eigenvalue weighted by atomic mass is 9.98. The highest BCUT2D eigenvalue weighted by atomic mass is 35.5. The molecule has 0 spiro atoms. The van der Waals surface area contributed by atoms with Crippen LogP contribution in [0.25, 0.3) is 0 Å². The van der Waals surface area contributed by atoms with Crippen molar-refractivity contribution in [3.63, 3.8) is 0 Å². The summed E-state index contributed by atoms with van der Waals surface area (Å²) in [6.45, 7) is 6.56. The van der Waals surface area contributed by atoms with Gasteiger partial charge in [-0.05, 0) is 72.9 Å². The van der Waals surface area contributed by atoms with Crippen molar-refractivity contribution < 1.29 is 19.0 Å². The van der Waals surface area contributed by atoms with Crippen LogP contribution in [-0.4, -0.2) is 67.9 Å². The van der Waals surface area contributed by atoms with Gasteiger partial charge < -0.3 is 24.0 Å². The van der Waals surface area contributed by atoms with E-state index in [-0.39, 0.29) is 18.7 Å². The number of nitrogens with zero attached hydrogens (tertiary/aromatic N) is 3. The van der Waals surface area contributed by atoms with E-state index in [0.717, 1.165) is 92.8 Å². The first-order valence-electron chi connectivity index (χ1n) is 14.7. The van der Waals surface area contributed by atoms with E-state index in [4.69, 9.17) is 25.8 Å². The minimum Gasteiger partial charge on any atom is -0.494 e. The van der Waals surface area contributed by atoms with Gasteiger partial charge in [0.15, 0.2) is 11.5 Å². The Morgan fingerprint density at radius 1 is 0.878 bits per heavy atom. The number of hydrogen-bond acceptors (Lipinski definition) is 6. The van der Waals surface area contributed by atoms with Gasteiger partial charge in [0.05, 0.1) is 13.0 Å². The lowest BCUT2D eigenvalue weighted by Crippen LogP contribution is -2.45. The van der Waals surface area contributed by atoms with E-state index in [1.165, 1.54) is 11.3 Å². The summed E-state index contributed by atoms with van der Waals surface area (Å²) in [7, 11) is 0. The predicted molar refractivity (Wildman–Crippen MR) is 161 cm³/mol. The van der Waals surface area contributed by atoms with Crippen molar-refractivity contribution in [1.82, 2.24) is 9.80 Å². The molecule has 3 aliphatic rings. The molecular formula is C33H38ClN3O4. The SMILES string of the molecule is O=C(Cc1ccc2c(c1)OCO2)N1CCCCC1CCOc1cccc(CN2CCN(c3cccc(Cl)c3)CC2)c1. The molecule has 1 amide bonds. The highest BCUT2D eigenvalue weighted by Gasteiger charge is 2.27. The van der Waals surface area contributed by atoms with Gasteiger partial charge in [-0.3, -0.25) is 9.69 Å². The van der Waals surface area contributed by atoms with Gasteiger partial charge in [0.2, 0.25) is 12.7 Å². The van der Waals surface area contributed by atoms with Crippen LogP contribution < -0.4 is 19.1 Å². The summed E-state index contributed by atoms with van der Waals surface area (Å²) in [4.78, 5) is 20.2. The third kappa shape index (κ3) is 7.08. The monoisotopic (exact) mass is 575 g/mol. The highest BCUT2D eigenvalue weighted by molar-refractivity contribution is 6.30. The fourth-order valence-electron chi connectivity index (χ4n) is 6.10. The van der Waals surface area contributed by atoms with Crippen molar-refractivity contribution in [3.05, 3.63) is 82.9 Å². The summed E-state index contributed by atoms with van der Waals surface area (Å²) in [5.74, 6) is 2.54. The molecule has 41 heavy (non-hydrogen) atoms. The number of fused-ring (bicyclic) bond motifs is 1. The second kappa shape index (κ2) is 13.0. The number of hydrogen-bond donors (Lipinski definition) is 0. The van der Waals surface area contributed by atoms with Gasteiger partial charge in [-0.2, -0.15) is 0 Å². The predicted octanol–water partition coefficient (Wildman–Crippen LogP) is 5.78. The third-order valence-electron chi connectivity index (χ3n) is 8.31. The summed E-state index contributed by atoms with van der Waals surface area (Å²) >= 11 is 6.19. The van der Waals surface area contributed by atoms with Crippen LogP contribution in [0.15, 0.2) is 66.7 Å². The zero-order valence-corrected chi connectivity index (χ0v) is 24.2. The van der Waals surface area contributed by atoms with Crippen LogP contribution in [0.5, 0.6) is 17.2 Å². The van der Waals surface area contributed by atoms with E-state index in [2.05, 4.69) is 39.0 Å². The summed E-state index contributed by atoms with van der Waals surface area (Å²) in [5.41, 5.74) is 3.41. The quantitative estimate of drug-likeness (QED) is 0.322. The average molecular weight is 576 g/mol. The molecule has 8 heteroatoms. The van der Waals surface area contributed by atoms with E-state index < -0.39 is 0 Å². The van der Waals surface area contributed by atoms with Crippen LogP contribution in [0.3, 0.4) is 0 Å². The molecule has 0 bridgehead atoms. The first kappa shape index (κ1) is 27.7. The summed E-state index contributed by atoms with van der Waals surface area (Å²) in [6.07, 6.45) is 4.45. The average Bonchev–Trinajstić information content (AvgIpc) is 3.46. The Bertz CT molecular complexity index is 1340. The number of ether oxygens (including phenoxy) is 3. The maximum absolute atomic E-state index is 13.3. The standard InChI is InChI=1S/C33H38ClN3O4/c34-27-6-4-8-29(22-27)36-16-14-35(15-17-36)23-26-5-3-9-30(19-26)39-18-12-28-7-1-2-13-37(28)33(38)21-25-10-11-31-32(20-25)41-24-40-31/h3-6,8-11,19-20,22,28H,1-2,7,12-18,21,23-24H2. The van der Waals surface area contributed by atoms with Crippen LogP contribution in [0.2, 0.25) is 5.02 Å². The van der Waals surface area contributed by atoms with Gasteiger partial charge in [-0.15, -0.1) is 0 Å². The molecule has 3 aromatic carbocycles. The number of amides is 1. The minimum absolute atomic E-state index is 0.172. The van der Waals surface area contributed by atoms with E-state index in [0.29, 0.717) is 13.0 Å². The van der Waals surface area contributed by atoms with Crippen molar-refractivity contribution in [2.45, 2.75) is 44.7 Å². The number of piperazine rings is 1. The molecule has 0 radical (unpaired) electrons. The van der Waals surface area contributed by atoms with Gasteiger partial charge in [-0.1, -0.05) is 35.9 Å². The van der Waals surface area contributed by atoms with Crippen LogP contribution in [0.4, 0.5) is 5.69 Å². The zero-order valence-electron chi connectivity index (χ0n) is 23.5. The molecule has 1 unspecified atom stereocenters. The molecule has 3 heterocycles. The van der Waals surface area contributed by atoms with Gasteiger partial charge in [0.25, 0.3) is 0 Å². The van der Waals surface area contributed by atoms with E-state index >= 15 is 0 Å². The first-order valence-corrected chi connectivity index (χ1v) is 15.1. The lowest BCUT2D eigenvalue weighted by Gasteiger charge is -2.36. The smallest absolute Gasteiger partial charge is 0.231 e. The van der Waals surface area contributed by atoms with Gasteiger partial charge in [-0.25, -0.2) is 0 Å². The summed E-state index contributed by atoms with van der Waals surface area (Å²) in [5, 5.41) is 0.783. The molecule has 0 aliphatic carbocycles. The van der Waals surface area contributed by atoms with Crippen molar-refractivity contribution in [2.75, 3.05) is 51.0 Å². The Balaban J connectivity index is 0.975. The van der Waals surface area contributed by atoms with Crippen LogP contribution in [0.1, 0.15) is 36.8 Å². The molecule has 216 valence electrons. The second-order valence-electron chi connectivity index (χ2n) is 11.1. The van der Waals surface area contributed by atoms with Crippen LogP contribution in [-0.2, 0) is 17.8 Å². The van der Waals surface area contributed by atoms with Gasteiger partial charge in [0.1, 0.15) is 5.75 Å². The molecule has 3 aromatic rings. The third-order valence-corrected chi connectivity index (χ3v) is 8.54. The topological polar surface area (TPSA) is 54.5 Å². The van der Waals surface area contributed by atoms with E-state index in [1.54, 1.807) is 0 Å². The molecule has 0 aromatic heterocycles. The summed E-state index contributed by atoms with van der Waals surface area (Å²) < 4.78 is 17.1. The summed E-state index contributed by atoms with van der Waals surface area (Å²) in [6, 6.07) is 22.5. The molecule has 2 saturated heterocycles. The number of carbonyl (C=O) groups excluding carboxylic acids is 1. The Labute approximate surface area is 247 Å². The molecule has 2 fully saturated rings. The molecule has 0 saturated carbocycles. The van der Waals surface area contributed by atoms with Crippen molar-refractivity contribution in [3.8, 4) is 17.2 Å². The Morgan fingerprint density at radius 3 is 2.61 bits per heavy atom. The minimum atomic E-state index is 0.172. The van der Waals surface area contributed by atoms with Gasteiger partial charge in [0, 0.05) is 62.4 Å². The number of carbonyl (C=O) groups is 1. The largest absolute Gasteiger partial charge is 0.494 e. The van der Waals surface area contributed by atoms with E-state index in [1.807, 2.05) is 42.5 Å². The number of halogens is 1. The van der Waals surface area contributed by atoms with Crippen LogP contribution in [0, 0.1) is 0 Å². The molecular weight excluding hydrogens is 538 g/mol. The highest BCUT2D eigenvalue weighted by Crippen LogP contribution is 2.33. The number of rotatable bonds is 9.